The average molecular weight is 402 g/mol. The van der Waals surface area contributed by atoms with Gasteiger partial charge in [-0.25, -0.2) is 17.7 Å². The lowest BCUT2D eigenvalue weighted by molar-refractivity contribution is 0.202. The van der Waals surface area contributed by atoms with Gasteiger partial charge < -0.3 is 11.1 Å². The fourth-order valence-electron chi connectivity index (χ4n) is 1.59. The van der Waals surface area contributed by atoms with Crippen molar-refractivity contribution in [3.8, 4) is 0 Å². The Hall–Kier alpha value is -0.350. The van der Waals surface area contributed by atoms with Gasteiger partial charge in [-0.15, -0.1) is 24.0 Å². The molecule has 1 rings (SSSR count). The molecule has 0 aromatic heterocycles. The molecule has 0 aromatic carbocycles. The van der Waals surface area contributed by atoms with E-state index >= 15 is 0 Å². The largest absolute Gasteiger partial charge is 0.370 e. The lowest BCUT2D eigenvalue weighted by atomic mass is 10.0. The van der Waals surface area contributed by atoms with Gasteiger partial charge in [-0.3, -0.25) is 0 Å². The first kappa shape index (κ1) is 18.7. The molecule has 1 aliphatic heterocycles. The van der Waals surface area contributed by atoms with Crippen LogP contribution in [0.5, 0.6) is 0 Å². The Balaban J connectivity index is 0.00000324. The van der Waals surface area contributed by atoms with E-state index < -0.39 is 10.0 Å². The highest BCUT2D eigenvalue weighted by molar-refractivity contribution is 14.0. The maximum Gasteiger partial charge on any atom is 0.213 e. The molecule has 3 N–H and O–H groups in total. The summed E-state index contributed by atoms with van der Waals surface area (Å²) in [6.07, 6.45) is 0. The molecule has 19 heavy (non-hydrogen) atoms. The Morgan fingerprint density at radius 3 is 2.58 bits per heavy atom. The van der Waals surface area contributed by atoms with Gasteiger partial charge in [-0.1, -0.05) is 12.2 Å². The lowest BCUT2D eigenvalue weighted by Gasteiger charge is -2.37. The Morgan fingerprint density at radius 1 is 1.53 bits per heavy atom. The first-order valence-electron chi connectivity index (χ1n) is 6.01. The molecule has 0 radical (unpaired) electrons. The van der Waals surface area contributed by atoms with Crippen molar-refractivity contribution in [3.63, 3.8) is 0 Å². The van der Waals surface area contributed by atoms with Crippen molar-refractivity contribution >= 4 is 40.0 Å². The number of halogens is 1. The highest BCUT2D eigenvalue weighted by atomic mass is 127. The second-order valence-corrected chi connectivity index (χ2v) is 6.88. The van der Waals surface area contributed by atoms with Crippen molar-refractivity contribution in [2.45, 2.75) is 13.8 Å². The summed E-state index contributed by atoms with van der Waals surface area (Å²) >= 11 is 0. The predicted octanol–water partition coefficient (Wildman–Crippen LogP) is 0.366. The number of hydrogen-bond donors (Lipinski definition) is 2. The molecule has 8 heteroatoms. The van der Waals surface area contributed by atoms with E-state index in [9.17, 15) is 8.42 Å². The molecule has 1 aliphatic rings. The Morgan fingerprint density at radius 2 is 2.11 bits per heavy atom. The van der Waals surface area contributed by atoms with Gasteiger partial charge in [0.2, 0.25) is 10.0 Å². The van der Waals surface area contributed by atoms with Crippen molar-refractivity contribution in [2.75, 3.05) is 31.9 Å². The second-order valence-electron chi connectivity index (χ2n) is 4.62. The number of aliphatic imine (C=N–C) groups is 1. The zero-order chi connectivity index (χ0) is 13.8. The molecule has 0 atom stereocenters. The summed E-state index contributed by atoms with van der Waals surface area (Å²) in [5.41, 5.74) is 6.61. The van der Waals surface area contributed by atoms with Crippen molar-refractivity contribution in [3.05, 3.63) is 12.2 Å². The average Bonchev–Trinajstić information content (AvgIpc) is 2.23. The SMILES string of the molecule is C=C(C)CN=C(N)NCC1CN(S(=O)(=O)CC)C1.I. The summed E-state index contributed by atoms with van der Waals surface area (Å²) in [6, 6.07) is 0. The molecule has 112 valence electrons. The van der Waals surface area contributed by atoms with E-state index in [1.807, 2.05) is 6.92 Å². The third-order valence-corrected chi connectivity index (χ3v) is 4.59. The van der Waals surface area contributed by atoms with Gasteiger partial charge in [0, 0.05) is 25.6 Å². The van der Waals surface area contributed by atoms with Gasteiger partial charge in [0.25, 0.3) is 0 Å². The Kier molecular flexibility index (Phi) is 7.90. The molecule has 0 saturated carbocycles. The number of sulfonamides is 1. The van der Waals surface area contributed by atoms with Crippen LogP contribution in [0.1, 0.15) is 13.8 Å². The lowest BCUT2D eigenvalue weighted by Crippen LogP contribution is -2.54. The molecule has 0 spiro atoms. The molecule has 0 amide bonds. The van der Waals surface area contributed by atoms with E-state index in [4.69, 9.17) is 5.73 Å². The van der Waals surface area contributed by atoms with E-state index in [1.165, 1.54) is 4.31 Å². The molecular weight excluding hydrogens is 379 g/mol. The smallest absolute Gasteiger partial charge is 0.213 e. The minimum Gasteiger partial charge on any atom is -0.370 e. The minimum atomic E-state index is -3.02. The van der Waals surface area contributed by atoms with Gasteiger partial charge in [-0.05, 0) is 13.8 Å². The van der Waals surface area contributed by atoms with Crippen LogP contribution in [0, 0.1) is 5.92 Å². The molecule has 1 saturated heterocycles. The second kappa shape index (κ2) is 8.05. The quantitative estimate of drug-likeness (QED) is 0.291. The highest BCUT2D eigenvalue weighted by Gasteiger charge is 2.34. The number of nitrogens with two attached hydrogens (primary N) is 1. The molecule has 1 heterocycles. The van der Waals surface area contributed by atoms with Crippen LogP contribution in [0.25, 0.3) is 0 Å². The zero-order valence-corrected chi connectivity index (χ0v) is 14.6. The third-order valence-electron chi connectivity index (χ3n) is 2.77. The van der Waals surface area contributed by atoms with Crippen LogP contribution in [0.2, 0.25) is 0 Å². The fraction of sp³-hybridized carbons (Fsp3) is 0.727. The van der Waals surface area contributed by atoms with E-state index in [1.54, 1.807) is 6.92 Å². The summed E-state index contributed by atoms with van der Waals surface area (Å²) < 4.78 is 24.5. The summed E-state index contributed by atoms with van der Waals surface area (Å²) in [7, 11) is -3.02. The molecule has 6 nitrogen and oxygen atoms in total. The van der Waals surface area contributed by atoms with Crippen LogP contribution in [0.15, 0.2) is 17.1 Å². The van der Waals surface area contributed by atoms with E-state index in [2.05, 4.69) is 16.9 Å². The van der Waals surface area contributed by atoms with Crippen LogP contribution in [0.4, 0.5) is 0 Å². The zero-order valence-electron chi connectivity index (χ0n) is 11.4. The fourth-order valence-corrected chi connectivity index (χ4v) is 2.83. The maximum atomic E-state index is 11.5. The summed E-state index contributed by atoms with van der Waals surface area (Å²) in [6.45, 7) is 9.57. The van der Waals surface area contributed by atoms with Crippen LogP contribution in [0.3, 0.4) is 0 Å². The van der Waals surface area contributed by atoms with Crippen molar-refractivity contribution in [1.29, 1.82) is 0 Å². The number of hydrogen-bond acceptors (Lipinski definition) is 3. The number of nitrogens with zero attached hydrogens (tertiary/aromatic N) is 2. The van der Waals surface area contributed by atoms with Gasteiger partial charge in [0.05, 0.1) is 12.3 Å². The molecule has 0 unspecified atom stereocenters. The summed E-state index contributed by atoms with van der Waals surface area (Å²) in [4.78, 5) is 4.09. The van der Waals surface area contributed by atoms with Crippen LogP contribution < -0.4 is 11.1 Å². The number of nitrogens with one attached hydrogen (secondary N) is 1. The molecule has 0 aromatic rings. The van der Waals surface area contributed by atoms with Gasteiger partial charge >= 0.3 is 0 Å². The van der Waals surface area contributed by atoms with Gasteiger partial charge in [0.15, 0.2) is 5.96 Å². The minimum absolute atomic E-state index is 0. The predicted molar refractivity (Wildman–Crippen MR) is 89.2 cm³/mol. The van der Waals surface area contributed by atoms with Crippen molar-refractivity contribution in [2.24, 2.45) is 16.6 Å². The van der Waals surface area contributed by atoms with Gasteiger partial charge in [0.1, 0.15) is 0 Å². The molecular formula is C11H23IN4O2S. The van der Waals surface area contributed by atoms with Crippen LogP contribution in [-0.4, -0.2) is 50.6 Å². The molecule has 0 bridgehead atoms. The van der Waals surface area contributed by atoms with Crippen LogP contribution >= 0.6 is 24.0 Å². The highest BCUT2D eigenvalue weighted by Crippen LogP contribution is 2.18. The van der Waals surface area contributed by atoms with E-state index in [0.717, 1.165) is 5.57 Å². The number of guanidine groups is 1. The van der Waals surface area contributed by atoms with Crippen molar-refractivity contribution < 1.29 is 8.42 Å². The normalized spacial score (nSPS) is 17.5. The topological polar surface area (TPSA) is 87.8 Å². The standard InChI is InChI=1S/C11H22N4O2S.HI/c1-4-18(16,17)15-7-10(8-15)6-14-11(12)13-5-9(2)3;/h10H,2,4-8H2,1,3H3,(H3,12,13,14);1H. The summed E-state index contributed by atoms with van der Waals surface area (Å²) in [5.74, 6) is 0.856. The first-order chi connectivity index (χ1) is 8.35. The van der Waals surface area contributed by atoms with E-state index in [-0.39, 0.29) is 29.7 Å². The monoisotopic (exact) mass is 402 g/mol. The van der Waals surface area contributed by atoms with Crippen molar-refractivity contribution in [1.82, 2.24) is 9.62 Å². The Labute approximate surface area is 132 Å². The molecule has 0 aliphatic carbocycles. The summed E-state index contributed by atoms with van der Waals surface area (Å²) in [5, 5.41) is 3.00. The first-order valence-corrected chi connectivity index (χ1v) is 7.62. The Bertz CT molecular complexity index is 430. The van der Waals surface area contributed by atoms with Gasteiger partial charge in [-0.2, -0.15) is 0 Å². The van der Waals surface area contributed by atoms with Crippen LogP contribution in [-0.2, 0) is 10.0 Å². The third kappa shape index (κ3) is 6.09. The molecule has 1 fully saturated rings. The number of rotatable bonds is 6. The van der Waals surface area contributed by atoms with E-state index in [0.29, 0.717) is 38.1 Å². The maximum absolute atomic E-state index is 11.5.